The zero-order valence-corrected chi connectivity index (χ0v) is 11.8. The molecule has 1 aromatic heterocycles. The molecule has 2 rings (SSSR count). The smallest absolute Gasteiger partial charge is 0.344 e. The number of rotatable bonds is 6. The van der Waals surface area contributed by atoms with Crippen LogP contribution in [0, 0.1) is 0 Å². The van der Waals surface area contributed by atoms with Crippen molar-refractivity contribution in [3.63, 3.8) is 0 Å². The normalized spacial score (nSPS) is 12.2. The lowest BCUT2D eigenvalue weighted by molar-refractivity contribution is -0.145. The zero-order chi connectivity index (χ0) is 15.1. The third-order valence-corrected chi connectivity index (χ3v) is 2.93. The summed E-state index contributed by atoms with van der Waals surface area (Å²) in [6, 6.07) is 13.4. The molecule has 1 heterocycles. The monoisotopic (exact) mass is 283 g/mol. The summed E-state index contributed by atoms with van der Waals surface area (Å²) in [6.07, 6.45) is 4.97. The largest absolute Gasteiger partial charge is 0.479 e. The molecular formula is C17H17NO3. The van der Waals surface area contributed by atoms with Crippen LogP contribution in [0.5, 0.6) is 5.75 Å². The first-order valence-corrected chi connectivity index (χ1v) is 6.77. The fraction of sp³-hybridized carbons (Fsp3) is 0.176. The summed E-state index contributed by atoms with van der Waals surface area (Å²) >= 11 is 0. The van der Waals surface area contributed by atoms with Crippen LogP contribution in [0.1, 0.15) is 24.6 Å². The number of pyridine rings is 1. The minimum Gasteiger partial charge on any atom is -0.479 e. The van der Waals surface area contributed by atoms with Crippen LogP contribution in [0.3, 0.4) is 0 Å². The van der Waals surface area contributed by atoms with Crippen molar-refractivity contribution < 1.29 is 14.6 Å². The van der Waals surface area contributed by atoms with Gasteiger partial charge in [-0.25, -0.2) is 4.79 Å². The average molecular weight is 283 g/mol. The molecule has 1 aromatic carbocycles. The van der Waals surface area contributed by atoms with Gasteiger partial charge < -0.3 is 9.84 Å². The maximum absolute atomic E-state index is 10.9. The van der Waals surface area contributed by atoms with Crippen molar-refractivity contribution in [2.24, 2.45) is 0 Å². The van der Waals surface area contributed by atoms with Gasteiger partial charge in [-0.1, -0.05) is 43.3 Å². The van der Waals surface area contributed by atoms with E-state index in [2.05, 4.69) is 4.98 Å². The first-order valence-electron chi connectivity index (χ1n) is 6.77. The second-order valence-corrected chi connectivity index (χ2v) is 4.52. The van der Waals surface area contributed by atoms with Gasteiger partial charge in [0.25, 0.3) is 0 Å². The highest BCUT2D eigenvalue weighted by Gasteiger charge is 2.16. The highest BCUT2D eigenvalue weighted by atomic mass is 16.5. The lowest BCUT2D eigenvalue weighted by atomic mass is 10.2. The third kappa shape index (κ3) is 4.45. The van der Waals surface area contributed by atoms with Crippen molar-refractivity contribution in [1.82, 2.24) is 4.98 Å². The van der Waals surface area contributed by atoms with Gasteiger partial charge in [0.15, 0.2) is 6.10 Å². The summed E-state index contributed by atoms with van der Waals surface area (Å²) in [5, 5.41) is 8.94. The minimum atomic E-state index is -0.967. The molecule has 0 bridgehead atoms. The number of ether oxygens (including phenoxy) is 1. The van der Waals surface area contributed by atoms with Gasteiger partial charge in [-0.2, -0.15) is 0 Å². The molecule has 0 saturated heterocycles. The summed E-state index contributed by atoms with van der Waals surface area (Å²) in [7, 11) is 0. The predicted molar refractivity (Wildman–Crippen MR) is 81.9 cm³/mol. The second kappa shape index (κ2) is 7.24. The number of benzene rings is 1. The van der Waals surface area contributed by atoms with Gasteiger partial charge >= 0.3 is 5.97 Å². The van der Waals surface area contributed by atoms with E-state index in [1.807, 2.05) is 42.5 Å². The highest BCUT2D eigenvalue weighted by molar-refractivity contribution is 5.72. The van der Waals surface area contributed by atoms with E-state index >= 15 is 0 Å². The Labute approximate surface area is 123 Å². The van der Waals surface area contributed by atoms with Crippen molar-refractivity contribution >= 4 is 18.1 Å². The molecule has 2 aromatic rings. The molecule has 1 atom stereocenters. The summed E-state index contributed by atoms with van der Waals surface area (Å²) in [5.41, 5.74) is 1.88. The van der Waals surface area contributed by atoms with Gasteiger partial charge in [0.1, 0.15) is 5.75 Å². The number of carboxylic acids is 1. The van der Waals surface area contributed by atoms with Crippen LogP contribution < -0.4 is 4.74 Å². The van der Waals surface area contributed by atoms with Crippen molar-refractivity contribution in [1.29, 1.82) is 0 Å². The topological polar surface area (TPSA) is 59.4 Å². The van der Waals surface area contributed by atoms with Gasteiger partial charge in [-0.3, -0.25) is 4.98 Å². The number of nitrogens with zero attached hydrogens (tertiary/aromatic N) is 1. The van der Waals surface area contributed by atoms with E-state index in [9.17, 15) is 4.79 Å². The summed E-state index contributed by atoms with van der Waals surface area (Å²) in [4.78, 5) is 15.1. The van der Waals surface area contributed by atoms with Crippen LogP contribution in [0.25, 0.3) is 12.2 Å². The Balaban J connectivity index is 2.02. The van der Waals surface area contributed by atoms with Crippen molar-refractivity contribution in [3.05, 3.63) is 59.9 Å². The Morgan fingerprint density at radius 1 is 1.24 bits per heavy atom. The lowest BCUT2D eigenvalue weighted by Crippen LogP contribution is -2.25. The fourth-order valence-electron chi connectivity index (χ4n) is 1.78. The number of hydrogen-bond acceptors (Lipinski definition) is 3. The summed E-state index contributed by atoms with van der Waals surface area (Å²) < 4.78 is 5.36. The van der Waals surface area contributed by atoms with E-state index in [0.717, 1.165) is 11.3 Å². The first-order chi connectivity index (χ1) is 10.2. The van der Waals surface area contributed by atoms with Crippen LogP contribution in [0.2, 0.25) is 0 Å². The molecule has 0 aliphatic carbocycles. The van der Waals surface area contributed by atoms with E-state index in [1.165, 1.54) is 6.20 Å². The van der Waals surface area contributed by atoms with Crippen LogP contribution in [0.4, 0.5) is 0 Å². The van der Waals surface area contributed by atoms with E-state index in [-0.39, 0.29) is 0 Å². The van der Waals surface area contributed by atoms with Crippen molar-refractivity contribution in [2.45, 2.75) is 19.4 Å². The summed E-state index contributed by atoms with van der Waals surface area (Å²) in [5.74, 6) is -0.508. The Hall–Kier alpha value is -2.62. The summed E-state index contributed by atoms with van der Waals surface area (Å²) in [6.45, 7) is 1.77. The van der Waals surface area contributed by atoms with Crippen molar-refractivity contribution in [3.8, 4) is 5.75 Å². The number of carboxylic acid groups (broad SMARTS) is 1. The van der Waals surface area contributed by atoms with Crippen LogP contribution >= 0.6 is 0 Å². The average Bonchev–Trinajstić information content (AvgIpc) is 2.52. The lowest BCUT2D eigenvalue weighted by Gasteiger charge is -2.12. The van der Waals surface area contributed by atoms with E-state index in [4.69, 9.17) is 9.84 Å². The maximum Gasteiger partial charge on any atom is 0.344 e. The van der Waals surface area contributed by atoms with Gasteiger partial charge in [-0.15, -0.1) is 0 Å². The van der Waals surface area contributed by atoms with Gasteiger partial charge in [0.2, 0.25) is 0 Å². The van der Waals surface area contributed by atoms with Gasteiger partial charge in [-0.05, 0) is 30.2 Å². The Bertz CT molecular complexity index is 606. The van der Waals surface area contributed by atoms with E-state index in [1.54, 1.807) is 19.1 Å². The molecule has 0 saturated carbocycles. The standard InChI is InChI=1S/C17H17NO3/c1-2-16(17(19)20)21-15-11-10-14(18-12-15)9-8-13-6-4-3-5-7-13/h3-12,16H,2H2,1H3,(H,19,20)/b9-8+/t16-/m1/s1. The molecule has 0 radical (unpaired) electrons. The molecule has 108 valence electrons. The minimum absolute atomic E-state index is 0.408. The Morgan fingerprint density at radius 2 is 2.00 bits per heavy atom. The molecule has 1 N–H and O–H groups in total. The number of carbonyl (C=O) groups is 1. The molecule has 0 unspecified atom stereocenters. The van der Waals surface area contributed by atoms with E-state index < -0.39 is 12.1 Å². The molecule has 21 heavy (non-hydrogen) atoms. The van der Waals surface area contributed by atoms with Gasteiger partial charge in [0.05, 0.1) is 11.9 Å². The van der Waals surface area contributed by atoms with E-state index in [0.29, 0.717) is 12.2 Å². The first kappa shape index (κ1) is 14.8. The molecular weight excluding hydrogens is 266 g/mol. The molecule has 0 fully saturated rings. The van der Waals surface area contributed by atoms with Gasteiger partial charge in [0, 0.05) is 0 Å². The fourth-order valence-corrected chi connectivity index (χ4v) is 1.78. The predicted octanol–water partition coefficient (Wildman–Crippen LogP) is 3.49. The number of aliphatic carboxylic acids is 1. The zero-order valence-electron chi connectivity index (χ0n) is 11.8. The second-order valence-electron chi connectivity index (χ2n) is 4.52. The molecule has 4 heteroatoms. The van der Waals surface area contributed by atoms with Crippen LogP contribution in [-0.2, 0) is 4.79 Å². The van der Waals surface area contributed by atoms with Crippen LogP contribution in [-0.4, -0.2) is 22.2 Å². The van der Waals surface area contributed by atoms with Crippen molar-refractivity contribution in [2.75, 3.05) is 0 Å². The molecule has 0 aliphatic heterocycles. The number of hydrogen-bond donors (Lipinski definition) is 1. The molecule has 0 aliphatic rings. The molecule has 4 nitrogen and oxygen atoms in total. The highest BCUT2D eigenvalue weighted by Crippen LogP contribution is 2.14. The third-order valence-electron chi connectivity index (χ3n) is 2.93. The Morgan fingerprint density at radius 3 is 2.57 bits per heavy atom. The Kier molecular flexibility index (Phi) is 5.10. The van der Waals surface area contributed by atoms with Crippen LogP contribution in [0.15, 0.2) is 48.7 Å². The number of aromatic nitrogens is 1. The molecule has 0 spiro atoms. The maximum atomic E-state index is 10.9. The quantitative estimate of drug-likeness (QED) is 0.881. The molecule has 0 amide bonds. The SMILES string of the molecule is CC[C@@H](Oc1ccc(/C=C/c2ccccc2)nc1)C(=O)O.